The maximum atomic E-state index is 11.1. The number of unbranched alkanes of at least 4 members (excludes halogenated alkanes) is 2. The van der Waals surface area contributed by atoms with Gasteiger partial charge in [-0.15, -0.1) is 12.3 Å². The maximum Gasteiger partial charge on any atom is 0.133 e. The third-order valence-electron chi connectivity index (χ3n) is 1.64. The first-order valence-electron chi connectivity index (χ1n) is 4.32. The molecule has 0 aromatic carbocycles. The zero-order valence-electron chi connectivity index (χ0n) is 7.31. The van der Waals surface area contributed by atoms with Crippen LogP contribution < -0.4 is 0 Å². The average molecular weight is 231 g/mol. The standard InChI is InChI=1S/C10H15BrO/c1-2-3-7-10(12)8-5-4-6-9-11/h1H,3-9H2. The molecule has 0 atom stereocenters. The zero-order chi connectivity index (χ0) is 9.23. The van der Waals surface area contributed by atoms with Gasteiger partial charge < -0.3 is 0 Å². The predicted octanol–water partition coefficient (Wildman–Crippen LogP) is 2.92. The van der Waals surface area contributed by atoms with Crippen molar-refractivity contribution in [3.63, 3.8) is 0 Å². The van der Waals surface area contributed by atoms with E-state index in [0.29, 0.717) is 25.0 Å². The molecule has 12 heavy (non-hydrogen) atoms. The summed E-state index contributed by atoms with van der Waals surface area (Å²) in [6.07, 6.45) is 10.2. The fourth-order valence-corrected chi connectivity index (χ4v) is 1.33. The Morgan fingerprint density at radius 3 is 2.58 bits per heavy atom. The van der Waals surface area contributed by atoms with Crippen LogP contribution in [0.15, 0.2) is 0 Å². The summed E-state index contributed by atoms with van der Waals surface area (Å²) in [5.41, 5.74) is 0. The molecule has 0 heterocycles. The third kappa shape index (κ3) is 7.81. The van der Waals surface area contributed by atoms with Gasteiger partial charge in [0.05, 0.1) is 0 Å². The highest BCUT2D eigenvalue weighted by molar-refractivity contribution is 9.09. The number of hydrogen-bond donors (Lipinski definition) is 0. The first-order valence-corrected chi connectivity index (χ1v) is 5.44. The molecule has 0 amide bonds. The lowest BCUT2D eigenvalue weighted by Crippen LogP contribution is -1.96. The van der Waals surface area contributed by atoms with Crippen molar-refractivity contribution in [3.05, 3.63) is 0 Å². The smallest absolute Gasteiger partial charge is 0.133 e. The van der Waals surface area contributed by atoms with E-state index in [-0.39, 0.29) is 0 Å². The molecule has 0 aliphatic rings. The topological polar surface area (TPSA) is 17.1 Å². The fraction of sp³-hybridized carbons (Fsp3) is 0.700. The van der Waals surface area contributed by atoms with E-state index in [4.69, 9.17) is 6.42 Å². The Kier molecular flexibility index (Phi) is 8.59. The molecular formula is C10H15BrO. The first kappa shape index (κ1) is 11.7. The number of rotatable bonds is 7. The van der Waals surface area contributed by atoms with E-state index in [2.05, 4.69) is 21.9 Å². The predicted molar refractivity (Wildman–Crippen MR) is 55.3 cm³/mol. The molecule has 0 rings (SSSR count). The van der Waals surface area contributed by atoms with Gasteiger partial charge in [-0.2, -0.15) is 0 Å². The van der Waals surface area contributed by atoms with Crippen molar-refractivity contribution in [2.45, 2.75) is 38.5 Å². The van der Waals surface area contributed by atoms with Crippen LogP contribution in [0, 0.1) is 12.3 Å². The van der Waals surface area contributed by atoms with Gasteiger partial charge in [0, 0.05) is 24.6 Å². The molecule has 0 saturated carbocycles. The van der Waals surface area contributed by atoms with Crippen molar-refractivity contribution in [2.24, 2.45) is 0 Å². The molecule has 0 saturated heterocycles. The summed E-state index contributed by atoms with van der Waals surface area (Å²) in [6.45, 7) is 0. The summed E-state index contributed by atoms with van der Waals surface area (Å²) < 4.78 is 0. The van der Waals surface area contributed by atoms with Gasteiger partial charge in [0.25, 0.3) is 0 Å². The van der Waals surface area contributed by atoms with Gasteiger partial charge in [-0.1, -0.05) is 22.4 Å². The highest BCUT2D eigenvalue weighted by Gasteiger charge is 1.99. The minimum Gasteiger partial charge on any atom is -0.300 e. The second kappa shape index (κ2) is 8.80. The van der Waals surface area contributed by atoms with Gasteiger partial charge in [0.2, 0.25) is 0 Å². The van der Waals surface area contributed by atoms with Crippen molar-refractivity contribution in [2.75, 3.05) is 5.33 Å². The molecule has 0 fully saturated rings. The van der Waals surface area contributed by atoms with Crippen LogP contribution in [-0.4, -0.2) is 11.1 Å². The van der Waals surface area contributed by atoms with E-state index in [1.54, 1.807) is 0 Å². The van der Waals surface area contributed by atoms with Gasteiger partial charge in [0.1, 0.15) is 5.78 Å². The Bertz CT molecular complexity index is 158. The van der Waals surface area contributed by atoms with E-state index < -0.39 is 0 Å². The highest BCUT2D eigenvalue weighted by atomic mass is 79.9. The molecule has 0 radical (unpaired) electrons. The number of halogens is 1. The van der Waals surface area contributed by atoms with Crippen LogP contribution in [0.3, 0.4) is 0 Å². The number of terminal acetylenes is 1. The van der Waals surface area contributed by atoms with E-state index in [1.807, 2.05) is 0 Å². The first-order chi connectivity index (χ1) is 5.81. The second-order valence-electron chi connectivity index (χ2n) is 2.74. The lowest BCUT2D eigenvalue weighted by Gasteiger charge is -1.97. The maximum absolute atomic E-state index is 11.1. The monoisotopic (exact) mass is 230 g/mol. The van der Waals surface area contributed by atoms with E-state index in [9.17, 15) is 4.79 Å². The summed E-state index contributed by atoms with van der Waals surface area (Å²) in [4.78, 5) is 11.1. The zero-order valence-corrected chi connectivity index (χ0v) is 8.90. The van der Waals surface area contributed by atoms with Crippen LogP contribution >= 0.6 is 15.9 Å². The molecule has 0 aromatic heterocycles. The van der Waals surface area contributed by atoms with Crippen molar-refractivity contribution in [1.29, 1.82) is 0 Å². The molecule has 0 aliphatic carbocycles. The van der Waals surface area contributed by atoms with Crippen LogP contribution in [0.4, 0.5) is 0 Å². The van der Waals surface area contributed by atoms with E-state index in [0.717, 1.165) is 24.6 Å². The molecule has 2 heteroatoms. The van der Waals surface area contributed by atoms with Gasteiger partial charge in [-0.25, -0.2) is 0 Å². The van der Waals surface area contributed by atoms with Gasteiger partial charge >= 0.3 is 0 Å². The summed E-state index contributed by atoms with van der Waals surface area (Å²) >= 11 is 3.35. The van der Waals surface area contributed by atoms with Gasteiger partial charge in [-0.05, 0) is 12.8 Å². The largest absolute Gasteiger partial charge is 0.300 e. The van der Waals surface area contributed by atoms with Gasteiger partial charge in [-0.3, -0.25) is 4.79 Å². The van der Waals surface area contributed by atoms with Gasteiger partial charge in [0.15, 0.2) is 0 Å². The molecule has 68 valence electrons. The van der Waals surface area contributed by atoms with E-state index in [1.165, 1.54) is 0 Å². The Labute approximate surface area is 83.1 Å². The Balaban J connectivity index is 3.15. The van der Waals surface area contributed by atoms with Crippen LogP contribution in [0.25, 0.3) is 0 Å². The average Bonchev–Trinajstić information content (AvgIpc) is 2.09. The van der Waals surface area contributed by atoms with Crippen molar-refractivity contribution in [3.8, 4) is 12.3 Å². The Hall–Kier alpha value is -0.290. The molecular weight excluding hydrogens is 216 g/mol. The lowest BCUT2D eigenvalue weighted by atomic mass is 10.1. The van der Waals surface area contributed by atoms with E-state index >= 15 is 0 Å². The number of ketones is 1. The molecule has 0 spiro atoms. The summed E-state index contributed by atoms with van der Waals surface area (Å²) in [7, 11) is 0. The van der Waals surface area contributed by atoms with Crippen LogP contribution in [-0.2, 0) is 4.79 Å². The van der Waals surface area contributed by atoms with Crippen molar-refractivity contribution < 1.29 is 4.79 Å². The quantitative estimate of drug-likeness (QED) is 0.374. The van der Waals surface area contributed by atoms with Crippen molar-refractivity contribution in [1.82, 2.24) is 0 Å². The van der Waals surface area contributed by atoms with Crippen LogP contribution in [0.5, 0.6) is 0 Å². The number of hydrogen-bond acceptors (Lipinski definition) is 1. The Morgan fingerprint density at radius 1 is 1.25 bits per heavy atom. The second-order valence-corrected chi connectivity index (χ2v) is 3.54. The molecule has 0 unspecified atom stereocenters. The van der Waals surface area contributed by atoms with Crippen LogP contribution in [0.2, 0.25) is 0 Å². The minimum absolute atomic E-state index is 0.308. The number of alkyl halides is 1. The minimum atomic E-state index is 0.308. The number of carbonyl (C=O) groups excluding carboxylic acids is 1. The molecule has 0 aromatic rings. The van der Waals surface area contributed by atoms with Crippen molar-refractivity contribution >= 4 is 21.7 Å². The lowest BCUT2D eigenvalue weighted by molar-refractivity contribution is -0.119. The molecule has 0 N–H and O–H groups in total. The summed E-state index contributed by atoms with van der Waals surface area (Å²) in [6, 6.07) is 0. The third-order valence-corrected chi connectivity index (χ3v) is 2.20. The molecule has 1 nitrogen and oxygen atoms in total. The Morgan fingerprint density at radius 2 is 2.00 bits per heavy atom. The number of carbonyl (C=O) groups is 1. The SMILES string of the molecule is C#CCCC(=O)CCCCCBr. The number of Topliss-reactive ketones (excluding diaryl/α,β-unsaturated/α-hetero) is 1. The summed E-state index contributed by atoms with van der Waals surface area (Å²) in [5.74, 6) is 2.78. The molecule has 0 aliphatic heterocycles. The fourth-order valence-electron chi connectivity index (χ4n) is 0.930. The highest BCUT2D eigenvalue weighted by Crippen LogP contribution is 2.04. The van der Waals surface area contributed by atoms with Crippen LogP contribution in [0.1, 0.15) is 38.5 Å². The molecule has 0 bridgehead atoms. The normalized spacial score (nSPS) is 9.33. The summed E-state index contributed by atoms with van der Waals surface area (Å²) in [5, 5.41) is 1.03.